The smallest absolute Gasteiger partial charge is 0.150 e. The first-order chi connectivity index (χ1) is 8.91. The maximum absolute atomic E-state index is 6.03. The van der Waals surface area contributed by atoms with Crippen molar-refractivity contribution < 1.29 is 0 Å². The van der Waals surface area contributed by atoms with E-state index in [-0.39, 0.29) is 5.15 Å². The van der Waals surface area contributed by atoms with Crippen molar-refractivity contribution in [3.05, 3.63) is 21.3 Å². The van der Waals surface area contributed by atoms with Crippen LogP contribution in [0.4, 0.5) is 5.82 Å². The van der Waals surface area contributed by atoms with Crippen LogP contribution in [0.1, 0.15) is 26.7 Å². The summed E-state index contributed by atoms with van der Waals surface area (Å²) in [6.07, 6.45) is 2.18. The zero-order valence-corrected chi connectivity index (χ0v) is 13.8. The highest BCUT2D eigenvalue weighted by atomic mass is 35.5. The Hall–Kier alpha value is -0.220. The van der Waals surface area contributed by atoms with Crippen molar-refractivity contribution in [2.45, 2.75) is 32.7 Å². The molecule has 0 amide bonds. The van der Waals surface area contributed by atoms with E-state index >= 15 is 0 Å². The standard InChI is InChI=1S/C13H20Cl3N3/c1-9(2)19(3)7-5-4-6-17-13-11(15)8-10(14)12(16)18-13/h8-9H,4-7H2,1-3H3,(H,17,18). The lowest BCUT2D eigenvalue weighted by atomic mass is 10.2. The summed E-state index contributed by atoms with van der Waals surface area (Å²) in [4.78, 5) is 6.44. The highest BCUT2D eigenvalue weighted by molar-refractivity contribution is 6.42. The highest BCUT2D eigenvalue weighted by Crippen LogP contribution is 2.28. The molecule has 0 aliphatic heterocycles. The van der Waals surface area contributed by atoms with Crippen LogP contribution in [0, 0.1) is 0 Å². The third-order valence-electron chi connectivity index (χ3n) is 3.00. The predicted molar refractivity (Wildman–Crippen MR) is 84.8 cm³/mol. The summed E-state index contributed by atoms with van der Waals surface area (Å²) in [5.74, 6) is 0.591. The van der Waals surface area contributed by atoms with Crippen LogP contribution in [-0.4, -0.2) is 36.1 Å². The summed E-state index contributed by atoms with van der Waals surface area (Å²) >= 11 is 17.7. The quantitative estimate of drug-likeness (QED) is 0.588. The first kappa shape index (κ1) is 16.8. The molecule has 0 saturated heterocycles. The van der Waals surface area contributed by atoms with Crippen molar-refractivity contribution in [2.75, 3.05) is 25.5 Å². The lowest BCUT2D eigenvalue weighted by Gasteiger charge is -2.20. The second-order valence-electron chi connectivity index (χ2n) is 4.80. The van der Waals surface area contributed by atoms with Gasteiger partial charge >= 0.3 is 0 Å². The van der Waals surface area contributed by atoms with Crippen LogP contribution in [0.2, 0.25) is 15.2 Å². The minimum Gasteiger partial charge on any atom is -0.369 e. The Bertz CT molecular complexity index is 410. The predicted octanol–water partition coefficient (Wildman–Crippen LogP) is 4.57. The Morgan fingerprint density at radius 1 is 1.21 bits per heavy atom. The molecule has 1 rings (SSSR count). The number of unbranched alkanes of at least 4 members (excludes halogenated alkanes) is 1. The molecular weight excluding hydrogens is 305 g/mol. The molecule has 0 saturated carbocycles. The summed E-state index contributed by atoms with van der Waals surface area (Å²) < 4.78 is 0. The highest BCUT2D eigenvalue weighted by Gasteiger charge is 2.07. The van der Waals surface area contributed by atoms with Crippen LogP contribution in [0.3, 0.4) is 0 Å². The fourth-order valence-electron chi connectivity index (χ4n) is 1.52. The molecule has 1 N–H and O–H groups in total. The summed E-state index contributed by atoms with van der Waals surface area (Å²) in [6.45, 7) is 6.29. The van der Waals surface area contributed by atoms with Crippen LogP contribution < -0.4 is 5.32 Å². The van der Waals surface area contributed by atoms with Gasteiger partial charge in [-0.05, 0) is 46.3 Å². The topological polar surface area (TPSA) is 28.2 Å². The van der Waals surface area contributed by atoms with E-state index in [1.165, 1.54) is 0 Å². The fourth-order valence-corrected chi connectivity index (χ4v) is 2.08. The van der Waals surface area contributed by atoms with E-state index in [0.29, 0.717) is 21.9 Å². The van der Waals surface area contributed by atoms with Crippen molar-refractivity contribution in [1.29, 1.82) is 0 Å². The van der Waals surface area contributed by atoms with Crippen LogP contribution in [-0.2, 0) is 0 Å². The van der Waals surface area contributed by atoms with Gasteiger partial charge in [-0.3, -0.25) is 0 Å². The SMILES string of the molecule is CC(C)N(C)CCCCNc1nc(Cl)c(Cl)cc1Cl. The Kier molecular flexibility index (Phi) is 7.22. The molecule has 0 unspecified atom stereocenters. The van der Waals surface area contributed by atoms with Gasteiger partial charge in [0.2, 0.25) is 0 Å². The van der Waals surface area contributed by atoms with Crippen molar-refractivity contribution >= 4 is 40.6 Å². The maximum Gasteiger partial charge on any atom is 0.150 e. The Morgan fingerprint density at radius 2 is 1.89 bits per heavy atom. The number of pyridine rings is 1. The summed E-state index contributed by atoms with van der Waals surface area (Å²) in [5.41, 5.74) is 0. The molecule has 0 aliphatic rings. The first-order valence-corrected chi connectivity index (χ1v) is 7.51. The van der Waals surface area contributed by atoms with E-state index < -0.39 is 0 Å². The van der Waals surface area contributed by atoms with Crippen molar-refractivity contribution in [2.24, 2.45) is 0 Å². The molecule has 1 aromatic heterocycles. The van der Waals surface area contributed by atoms with Crippen molar-refractivity contribution in [1.82, 2.24) is 9.88 Å². The summed E-state index contributed by atoms with van der Waals surface area (Å²) in [6, 6.07) is 2.19. The maximum atomic E-state index is 6.03. The van der Waals surface area contributed by atoms with Gasteiger partial charge < -0.3 is 10.2 Å². The summed E-state index contributed by atoms with van der Waals surface area (Å²) in [5, 5.41) is 4.32. The van der Waals surface area contributed by atoms with Gasteiger partial charge in [0, 0.05) is 12.6 Å². The second kappa shape index (κ2) is 8.15. The molecule has 0 aliphatic carbocycles. The largest absolute Gasteiger partial charge is 0.369 e. The lowest BCUT2D eigenvalue weighted by Crippen LogP contribution is -2.27. The molecule has 6 heteroatoms. The minimum absolute atomic E-state index is 0.271. The average Bonchev–Trinajstić information content (AvgIpc) is 2.34. The number of nitrogens with zero attached hydrogens (tertiary/aromatic N) is 2. The molecule has 0 spiro atoms. The molecular formula is C13H20Cl3N3. The number of aromatic nitrogens is 1. The third kappa shape index (κ3) is 5.74. The molecule has 108 valence electrons. The van der Waals surface area contributed by atoms with E-state index in [0.717, 1.165) is 25.9 Å². The number of rotatable bonds is 7. The Morgan fingerprint density at radius 3 is 2.53 bits per heavy atom. The molecule has 0 atom stereocenters. The molecule has 1 aromatic rings. The van der Waals surface area contributed by atoms with Gasteiger partial charge in [-0.25, -0.2) is 4.98 Å². The van der Waals surface area contributed by atoms with Gasteiger partial charge in [0.1, 0.15) is 11.0 Å². The van der Waals surface area contributed by atoms with E-state index in [1.54, 1.807) is 6.07 Å². The van der Waals surface area contributed by atoms with Crippen molar-refractivity contribution in [3.8, 4) is 0 Å². The number of hydrogen-bond acceptors (Lipinski definition) is 3. The van der Waals surface area contributed by atoms with Crippen LogP contribution in [0.5, 0.6) is 0 Å². The van der Waals surface area contributed by atoms with Crippen LogP contribution in [0.15, 0.2) is 6.07 Å². The zero-order valence-electron chi connectivity index (χ0n) is 11.5. The Balaban J connectivity index is 2.32. The molecule has 0 bridgehead atoms. The first-order valence-electron chi connectivity index (χ1n) is 6.37. The van der Waals surface area contributed by atoms with Crippen molar-refractivity contribution in [3.63, 3.8) is 0 Å². The van der Waals surface area contributed by atoms with Crippen LogP contribution >= 0.6 is 34.8 Å². The van der Waals surface area contributed by atoms with Gasteiger partial charge in [0.15, 0.2) is 0 Å². The number of hydrogen-bond donors (Lipinski definition) is 1. The van der Waals surface area contributed by atoms with E-state index in [1.807, 2.05) is 0 Å². The number of nitrogens with one attached hydrogen (secondary N) is 1. The van der Waals surface area contributed by atoms with Crippen LogP contribution in [0.25, 0.3) is 0 Å². The number of anilines is 1. The average molecular weight is 325 g/mol. The lowest BCUT2D eigenvalue weighted by molar-refractivity contribution is 0.269. The Labute approximate surface area is 130 Å². The van der Waals surface area contributed by atoms with Gasteiger partial charge in [-0.1, -0.05) is 34.8 Å². The van der Waals surface area contributed by atoms with Gasteiger partial charge in [-0.15, -0.1) is 0 Å². The third-order valence-corrected chi connectivity index (χ3v) is 3.96. The molecule has 3 nitrogen and oxygen atoms in total. The monoisotopic (exact) mass is 323 g/mol. The molecule has 1 heterocycles. The minimum atomic E-state index is 0.271. The second-order valence-corrected chi connectivity index (χ2v) is 5.97. The molecule has 0 aromatic carbocycles. The van der Waals surface area contributed by atoms with E-state index in [2.05, 4.69) is 36.1 Å². The molecule has 19 heavy (non-hydrogen) atoms. The normalized spacial score (nSPS) is 11.4. The van der Waals surface area contributed by atoms with E-state index in [9.17, 15) is 0 Å². The van der Waals surface area contributed by atoms with Gasteiger partial charge in [0.05, 0.1) is 10.0 Å². The number of halogens is 3. The molecule has 0 fully saturated rings. The van der Waals surface area contributed by atoms with E-state index in [4.69, 9.17) is 34.8 Å². The molecule has 0 radical (unpaired) electrons. The fraction of sp³-hybridized carbons (Fsp3) is 0.615. The zero-order chi connectivity index (χ0) is 14.4. The van der Waals surface area contributed by atoms with Gasteiger partial charge in [-0.2, -0.15) is 0 Å². The summed E-state index contributed by atoms with van der Waals surface area (Å²) in [7, 11) is 2.13. The van der Waals surface area contributed by atoms with Gasteiger partial charge in [0.25, 0.3) is 0 Å².